The lowest BCUT2D eigenvalue weighted by Gasteiger charge is -2.46. The van der Waals surface area contributed by atoms with Gasteiger partial charge in [-0.15, -0.1) is 0 Å². The van der Waals surface area contributed by atoms with Crippen LogP contribution in [0.4, 0.5) is 8.78 Å². The number of hydrogen-bond acceptors (Lipinski definition) is 7. The van der Waals surface area contributed by atoms with E-state index < -0.39 is 35.2 Å². The molecular formula is C23H37F2N5O6. The molecule has 3 rings (SSSR count). The van der Waals surface area contributed by atoms with E-state index in [4.69, 9.17) is 15.2 Å². The van der Waals surface area contributed by atoms with E-state index in [0.29, 0.717) is 38.8 Å². The molecule has 0 aromatic heterocycles. The second-order valence-electron chi connectivity index (χ2n) is 9.87. The molecule has 3 fully saturated rings. The zero-order valence-corrected chi connectivity index (χ0v) is 20.5. The fourth-order valence-electron chi connectivity index (χ4n) is 5.07. The van der Waals surface area contributed by atoms with Gasteiger partial charge in [-0.2, -0.15) is 0 Å². The molecule has 0 radical (unpaired) electrons. The average molecular weight is 518 g/mol. The SMILES string of the molecule is NC(=O)[C@@H]1CC(=O)NCCOCCOCC(=O)NC2(CCN(C3CCC(F)(F)CC3)CC2)CC(=O)N1. The molecule has 5 N–H and O–H groups in total. The van der Waals surface area contributed by atoms with Crippen molar-refractivity contribution in [3.63, 3.8) is 0 Å². The minimum Gasteiger partial charge on any atom is -0.377 e. The summed E-state index contributed by atoms with van der Waals surface area (Å²) in [4.78, 5) is 51.8. The Morgan fingerprint density at radius 1 is 0.944 bits per heavy atom. The maximum absolute atomic E-state index is 13.6. The van der Waals surface area contributed by atoms with Gasteiger partial charge >= 0.3 is 0 Å². The van der Waals surface area contributed by atoms with Crippen LogP contribution in [0.3, 0.4) is 0 Å². The number of rotatable bonds is 2. The highest BCUT2D eigenvalue weighted by atomic mass is 19.3. The van der Waals surface area contributed by atoms with E-state index >= 15 is 0 Å². The third-order valence-electron chi connectivity index (χ3n) is 7.10. The Hall–Kier alpha value is -2.38. The van der Waals surface area contributed by atoms with Gasteiger partial charge in [-0.3, -0.25) is 19.2 Å². The van der Waals surface area contributed by atoms with Crippen molar-refractivity contribution >= 4 is 23.6 Å². The highest BCUT2D eigenvalue weighted by molar-refractivity contribution is 5.91. The van der Waals surface area contributed by atoms with Crippen LogP contribution in [0.15, 0.2) is 0 Å². The minimum absolute atomic E-state index is 0.0442. The average Bonchev–Trinajstić information content (AvgIpc) is 2.80. The number of carbonyl (C=O) groups is 4. The molecule has 11 nitrogen and oxygen atoms in total. The van der Waals surface area contributed by atoms with E-state index in [1.165, 1.54) is 0 Å². The van der Waals surface area contributed by atoms with Gasteiger partial charge in [0.05, 0.1) is 31.8 Å². The fraction of sp³-hybridized carbons (Fsp3) is 0.826. The molecule has 36 heavy (non-hydrogen) atoms. The van der Waals surface area contributed by atoms with Crippen LogP contribution >= 0.6 is 0 Å². The van der Waals surface area contributed by atoms with Crippen LogP contribution in [0.2, 0.25) is 0 Å². The second kappa shape index (κ2) is 12.7. The van der Waals surface area contributed by atoms with Gasteiger partial charge in [-0.05, 0) is 25.7 Å². The zero-order chi connectivity index (χ0) is 26.2. The summed E-state index contributed by atoms with van der Waals surface area (Å²) >= 11 is 0. The number of halogens is 2. The van der Waals surface area contributed by atoms with Crippen molar-refractivity contribution in [1.82, 2.24) is 20.9 Å². The van der Waals surface area contributed by atoms with Crippen molar-refractivity contribution < 1.29 is 37.4 Å². The van der Waals surface area contributed by atoms with Crippen LogP contribution in [0.25, 0.3) is 0 Å². The van der Waals surface area contributed by atoms with Gasteiger partial charge in [-0.1, -0.05) is 0 Å². The molecule has 13 heteroatoms. The first-order chi connectivity index (χ1) is 17.1. The minimum atomic E-state index is -2.61. The van der Waals surface area contributed by atoms with E-state index in [0.717, 1.165) is 0 Å². The lowest BCUT2D eigenvalue weighted by Crippen LogP contribution is -2.60. The van der Waals surface area contributed by atoms with Crippen molar-refractivity contribution in [3.05, 3.63) is 0 Å². The summed E-state index contributed by atoms with van der Waals surface area (Å²) in [5, 5.41) is 8.06. The van der Waals surface area contributed by atoms with Crippen LogP contribution in [-0.4, -0.2) is 98.1 Å². The normalized spacial score (nSPS) is 27.9. The van der Waals surface area contributed by atoms with Crippen LogP contribution in [0, 0.1) is 0 Å². The molecule has 1 aliphatic carbocycles. The van der Waals surface area contributed by atoms with Crippen molar-refractivity contribution in [2.75, 3.05) is 46.1 Å². The van der Waals surface area contributed by atoms with Crippen molar-refractivity contribution in [2.24, 2.45) is 5.73 Å². The highest BCUT2D eigenvalue weighted by Gasteiger charge is 2.42. The highest BCUT2D eigenvalue weighted by Crippen LogP contribution is 2.37. The first kappa shape index (κ1) is 28.2. The summed E-state index contributed by atoms with van der Waals surface area (Å²) in [5.74, 6) is -4.83. The molecule has 1 spiro atoms. The van der Waals surface area contributed by atoms with Gasteiger partial charge in [-0.25, -0.2) is 8.78 Å². The molecule has 2 aliphatic heterocycles. The summed E-state index contributed by atoms with van der Waals surface area (Å²) in [7, 11) is 0. The van der Waals surface area contributed by atoms with Crippen molar-refractivity contribution in [3.8, 4) is 0 Å². The number of nitrogens with one attached hydrogen (secondary N) is 3. The third kappa shape index (κ3) is 8.63. The molecule has 0 bridgehead atoms. The largest absolute Gasteiger partial charge is 0.377 e. The second-order valence-corrected chi connectivity index (χ2v) is 9.87. The maximum atomic E-state index is 13.6. The Morgan fingerprint density at radius 3 is 2.28 bits per heavy atom. The summed E-state index contributed by atoms with van der Waals surface area (Å²) in [6.45, 7) is 1.67. The van der Waals surface area contributed by atoms with Crippen molar-refractivity contribution in [2.45, 2.75) is 74.9 Å². The smallest absolute Gasteiger partial charge is 0.248 e. The molecule has 1 saturated carbocycles. The van der Waals surface area contributed by atoms with Crippen LogP contribution in [0.5, 0.6) is 0 Å². The zero-order valence-electron chi connectivity index (χ0n) is 20.5. The summed E-state index contributed by atoms with van der Waals surface area (Å²) < 4.78 is 37.9. The Labute approximate surface area is 209 Å². The lowest BCUT2D eigenvalue weighted by molar-refractivity contribution is -0.133. The van der Waals surface area contributed by atoms with Gasteiger partial charge in [0.25, 0.3) is 0 Å². The molecule has 0 aromatic rings. The number of piperidine rings is 1. The molecule has 3 aliphatic rings. The molecule has 2 saturated heterocycles. The van der Waals surface area contributed by atoms with Gasteiger partial charge < -0.3 is 36.1 Å². The predicted molar refractivity (Wildman–Crippen MR) is 124 cm³/mol. The number of likely N-dealkylation sites (tertiary alicyclic amines) is 1. The third-order valence-corrected chi connectivity index (χ3v) is 7.10. The van der Waals surface area contributed by atoms with Crippen molar-refractivity contribution in [1.29, 1.82) is 0 Å². The number of nitrogens with two attached hydrogens (primary N) is 1. The lowest BCUT2D eigenvalue weighted by atomic mass is 9.81. The molecule has 1 atom stereocenters. The topological polar surface area (TPSA) is 152 Å². The van der Waals surface area contributed by atoms with E-state index in [2.05, 4.69) is 20.9 Å². The van der Waals surface area contributed by atoms with Crippen LogP contribution in [0.1, 0.15) is 51.4 Å². The predicted octanol–water partition coefficient (Wildman–Crippen LogP) is -0.572. The van der Waals surface area contributed by atoms with Gasteiger partial charge in [0.1, 0.15) is 12.6 Å². The van der Waals surface area contributed by atoms with Gasteiger partial charge in [0.15, 0.2) is 0 Å². The Kier molecular flexibility index (Phi) is 9.97. The van der Waals surface area contributed by atoms with E-state index in [1.807, 2.05) is 0 Å². The quantitative estimate of drug-likeness (QED) is 0.383. The van der Waals surface area contributed by atoms with E-state index in [9.17, 15) is 28.0 Å². The summed E-state index contributed by atoms with van der Waals surface area (Å²) in [6.07, 6.45) is 0.945. The van der Waals surface area contributed by atoms with E-state index in [1.54, 1.807) is 0 Å². The number of carbonyl (C=O) groups excluding carboxylic acids is 4. The van der Waals surface area contributed by atoms with Gasteiger partial charge in [0, 0.05) is 44.9 Å². The van der Waals surface area contributed by atoms with Crippen LogP contribution < -0.4 is 21.7 Å². The molecule has 0 aromatic carbocycles. The number of primary amides is 1. The standard InChI is InChI=1S/C23H37F2N5O6/c24-23(25)3-1-16(2-4-23)30-8-5-22(6-9-30)14-19(32)28-17(21(26)34)13-18(31)27-7-10-35-11-12-36-15-20(33)29-22/h16-17H,1-15H2,(H2,26,34)(H,27,31)(H,28,32)(H,29,33)/t17-/m0/s1. The Bertz CT molecular complexity index is 796. The number of hydrogen-bond donors (Lipinski definition) is 4. The number of nitrogens with zero attached hydrogens (tertiary/aromatic N) is 1. The van der Waals surface area contributed by atoms with Crippen LogP contribution in [-0.2, 0) is 28.7 Å². The summed E-state index contributed by atoms with van der Waals surface area (Å²) in [5.41, 5.74) is 4.49. The molecule has 204 valence electrons. The Balaban J connectivity index is 1.68. The first-order valence-electron chi connectivity index (χ1n) is 12.5. The molecule has 4 amide bonds. The van der Waals surface area contributed by atoms with E-state index in [-0.39, 0.29) is 70.6 Å². The first-order valence-corrected chi connectivity index (χ1v) is 12.5. The van der Waals surface area contributed by atoms with Gasteiger partial charge in [0.2, 0.25) is 29.6 Å². The number of ether oxygens (including phenoxy) is 2. The maximum Gasteiger partial charge on any atom is 0.248 e. The number of alkyl halides is 2. The molecular weight excluding hydrogens is 480 g/mol. The fourth-order valence-corrected chi connectivity index (χ4v) is 5.07. The Morgan fingerprint density at radius 2 is 1.61 bits per heavy atom. The summed E-state index contributed by atoms with van der Waals surface area (Å²) in [6, 6.07) is -1.16. The molecule has 0 unspecified atom stereocenters. The molecule has 2 heterocycles. The monoisotopic (exact) mass is 517 g/mol. The number of amides is 4.